The normalized spacial score (nSPS) is 36.4. The van der Waals surface area contributed by atoms with Crippen molar-refractivity contribution in [3.63, 3.8) is 0 Å². The number of β-amino-alcohol motifs (C(OH)–C–C–N with tert-alkyl or cyclic N) is 1. The molecule has 0 radical (unpaired) electrons. The van der Waals surface area contributed by atoms with Crippen molar-refractivity contribution < 1.29 is 34.0 Å². The van der Waals surface area contributed by atoms with E-state index in [1.54, 1.807) is 19.2 Å². The fraction of sp³-hybridized carbons (Fsp3) is 0.652. The van der Waals surface area contributed by atoms with E-state index in [1.165, 1.54) is 11.8 Å². The predicted molar refractivity (Wildman–Crippen MR) is 128 cm³/mol. The van der Waals surface area contributed by atoms with Gasteiger partial charge < -0.3 is 34.6 Å². The number of carbonyl (C=O) groups excluding carboxylic acids is 2. The van der Waals surface area contributed by atoms with Gasteiger partial charge in [-0.1, -0.05) is 40.9 Å². The summed E-state index contributed by atoms with van der Waals surface area (Å²) in [6.45, 7) is 1.03. The number of fused-ring (bicyclic) bond motifs is 2. The van der Waals surface area contributed by atoms with Crippen LogP contribution in [0.5, 0.6) is 5.75 Å². The summed E-state index contributed by atoms with van der Waals surface area (Å²) in [6, 6.07) is 4.85. The third-order valence-corrected chi connectivity index (χ3v) is 8.52. The van der Waals surface area contributed by atoms with E-state index in [0.717, 1.165) is 5.56 Å². The molecule has 1 spiro atoms. The molecule has 3 N–H and O–H groups in total. The number of hydrogen-bond acceptors (Lipinski definition) is 7. The van der Waals surface area contributed by atoms with Gasteiger partial charge in [-0.15, -0.1) is 0 Å². The number of ether oxygens (including phenoxy) is 3. The highest BCUT2D eigenvalue weighted by molar-refractivity contribution is 6.67. The molecule has 4 bridgehead atoms. The summed E-state index contributed by atoms with van der Waals surface area (Å²) in [6.07, 6.45) is -1.92. The van der Waals surface area contributed by atoms with Crippen LogP contribution < -0.4 is 10.1 Å². The van der Waals surface area contributed by atoms with Crippen molar-refractivity contribution in [2.45, 2.75) is 52.8 Å². The second kappa shape index (κ2) is 8.53. The molecule has 4 heterocycles. The summed E-state index contributed by atoms with van der Waals surface area (Å²) in [5.41, 5.74) is -1.37. The fourth-order valence-electron chi connectivity index (χ4n) is 6.47. The summed E-state index contributed by atoms with van der Waals surface area (Å²) in [7, 11) is 1.55. The van der Waals surface area contributed by atoms with Gasteiger partial charge in [0.2, 0.25) is 9.70 Å². The van der Waals surface area contributed by atoms with Crippen LogP contribution in [0.1, 0.15) is 25.3 Å². The molecule has 4 aliphatic heterocycles. The predicted octanol–water partition coefficient (Wildman–Crippen LogP) is 2.61. The summed E-state index contributed by atoms with van der Waals surface area (Å²) in [4.78, 5) is 28.2. The van der Waals surface area contributed by atoms with Crippen LogP contribution in [0, 0.1) is 11.8 Å². The molecule has 0 aromatic heterocycles. The Balaban J connectivity index is 1.60. The van der Waals surface area contributed by atoms with E-state index in [2.05, 4.69) is 5.32 Å². The largest absolute Gasteiger partial charge is 0.497 e. The number of nitrogens with one attached hydrogen (secondary N) is 1. The number of likely N-dealkylation sites (tertiary alicyclic amines) is 1. The number of rotatable bonds is 3. The number of carbonyl (C=O) groups is 2. The number of hydrogen-bond donors (Lipinski definition) is 3. The van der Waals surface area contributed by atoms with Gasteiger partial charge in [0.25, 0.3) is 0 Å². The first-order valence-corrected chi connectivity index (χ1v) is 12.6. The van der Waals surface area contributed by atoms with Crippen LogP contribution >= 0.6 is 34.8 Å². The van der Waals surface area contributed by atoms with E-state index in [4.69, 9.17) is 49.0 Å². The van der Waals surface area contributed by atoms with Crippen LogP contribution in [0.25, 0.3) is 0 Å². The summed E-state index contributed by atoms with van der Waals surface area (Å²) < 4.78 is 15.0. The summed E-state index contributed by atoms with van der Waals surface area (Å²) in [5, 5.41) is 25.2. The van der Waals surface area contributed by atoms with Gasteiger partial charge in [-0.05, 0) is 31.4 Å². The first-order chi connectivity index (χ1) is 16.4. The number of nitrogens with zero attached hydrogens (tertiary/aromatic N) is 1. The first-order valence-electron chi connectivity index (χ1n) is 11.4. The van der Waals surface area contributed by atoms with Crippen LogP contribution in [0.3, 0.4) is 0 Å². The van der Waals surface area contributed by atoms with Crippen LogP contribution in [-0.2, 0) is 19.7 Å². The van der Waals surface area contributed by atoms with Crippen molar-refractivity contribution in [1.82, 2.24) is 4.90 Å². The zero-order chi connectivity index (χ0) is 25.3. The highest BCUT2D eigenvalue weighted by atomic mass is 35.6. The minimum absolute atomic E-state index is 0.185. The topological polar surface area (TPSA) is 118 Å². The van der Waals surface area contributed by atoms with Crippen LogP contribution in [0.4, 0.5) is 10.5 Å². The lowest BCUT2D eigenvalue weighted by atomic mass is 9.67. The highest BCUT2D eigenvalue weighted by Gasteiger charge is 2.67. The van der Waals surface area contributed by atoms with E-state index >= 15 is 0 Å². The van der Waals surface area contributed by atoms with Crippen molar-refractivity contribution in [3.8, 4) is 5.75 Å². The number of methoxy groups -OCH3 is 1. The van der Waals surface area contributed by atoms with Gasteiger partial charge in [0.05, 0.1) is 32.5 Å². The average molecular weight is 550 g/mol. The molecule has 9 nitrogen and oxygen atoms in total. The second-order valence-corrected chi connectivity index (χ2v) is 12.4. The maximum Gasteiger partial charge on any atom is 0.410 e. The first kappa shape index (κ1) is 25.2. The minimum Gasteiger partial charge on any atom is -0.497 e. The Bertz CT molecular complexity index is 1050. The number of amides is 2. The van der Waals surface area contributed by atoms with Gasteiger partial charge in [-0.2, -0.15) is 0 Å². The van der Waals surface area contributed by atoms with E-state index < -0.39 is 51.7 Å². The highest BCUT2D eigenvalue weighted by Crippen LogP contribution is 2.57. The molecule has 4 fully saturated rings. The Morgan fingerprint density at radius 3 is 2.80 bits per heavy atom. The molecule has 3 saturated heterocycles. The number of aliphatic hydroxyl groups is 2. The lowest BCUT2D eigenvalue weighted by molar-refractivity contribution is -0.202. The molecule has 1 aliphatic carbocycles. The molecule has 2 amide bonds. The Labute approximate surface area is 217 Å². The smallest absolute Gasteiger partial charge is 0.410 e. The number of benzene rings is 1. The average Bonchev–Trinajstić information content (AvgIpc) is 2.91. The molecule has 192 valence electrons. The summed E-state index contributed by atoms with van der Waals surface area (Å²) in [5.74, 6) is -0.388. The van der Waals surface area contributed by atoms with E-state index in [1.807, 2.05) is 6.07 Å². The maximum atomic E-state index is 13.6. The van der Waals surface area contributed by atoms with Gasteiger partial charge in [0.1, 0.15) is 23.4 Å². The SMILES string of the molecule is COc1ccc2c(c1)NC(=O)[C@@]21C[C@H]2[C@H]3CO[C@@H]1C[C@H]3[C@](O)([C@H](C)O)CN2C(=O)OCC(Cl)(Cl)Cl. The monoisotopic (exact) mass is 548 g/mol. The number of aliphatic hydroxyl groups excluding tert-OH is 1. The van der Waals surface area contributed by atoms with Crippen LogP contribution in [-0.4, -0.2) is 81.6 Å². The Morgan fingerprint density at radius 1 is 1.40 bits per heavy atom. The number of alkyl halides is 3. The maximum absolute atomic E-state index is 13.6. The lowest BCUT2D eigenvalue weighted by Crippen LogP contribution is -2.68. The fourth-order valence-corrected chi connectivity index (χ4v) is 6.63. The Morgan fingerprint density at radius 2 is 2.14 bits per heavy atom. The van der Waals surface area contributed by atoms with Crippen molar-refractivity contribution in [2.24, 2.45) is 11.8 Å². The van der Waals surface area contributed by atoms with Gasteiger partial charge >= 0.3 is 6.09 Å². The van der Waals surface area contributed by atoms with E-state index in [9.17, 15) is 19.8 Å². The van der Waals surface area contributed by atoms with Gasteiger partial charge in [0, 0.05) is 29.6 Å². The molecule has 1 aromatic carbocycles. The number of halogens is 3. The van der Waals surface area contributed by atoms with Gasteiger partial charge in [0.15, 0.2) is 0 Å². The molecule has 1 aromatic rings. The zero-order valence-corrected chi connectivity index (χ0v) is 21.4. The molecule has 5 aliphatic rings. The Hall–Kier alpha value is -1.49. The van der Waals surface area contributed by atoms with Gasteiger partial charge in [-0.25, -0.2) is 4.79 Å². The molecule has 1 saturated carbocycles. The standard InChI is InChI=1S/C23H27Cl3N2O7/c1-11(29)22(32)9-28(20(31)35-10-23(24,25)26)17-7-21(18-6-15(22)13(17)8-34-18)14-4-3-12(33-2)5-16(14)27-19(21)30/h3-5,11,13,15,17-18,29,32H,6-10H2,1-2H3,(H,27,30)/t11-,13-,15+,17-,18+,21-,22+/m0/s1. The quantitative estimate of drug-likeness (QED) is 0.496. The van der Waals surface area contributed by atoms with Crippen molar-refractivity contribution in [3.05, 3.63) is 23.8 Å². The Kier molecular flexibility index (Phi) is 6.14. The molecular formula is C23H27Cl3N2O7. The van der Waals surface area contributed by atoms with E-state index in [-0.39, 0.29) is 31.4 Å². The minimum atomic E-state index is -1.82. The van der Waals surface area contributed by atoms with Crippen molar-refractivity contribution in [2.75, 3.05) is 32.2 Å². The second-order valence-electron chi connectivity index (χ2n) is 9.90. The van der Waals surface area contributed by atoms with Gasteiger partial charge in [-0.3, -0.25) is 4.79 Å². The van der Waals surface area contributed by atoms with E-state index in [0.29, 0.717) is 17.9 Å². The summed E-state index contributed by atoms with van der Waals surface area (Å²) >= 11 is 17.3. The van der Waals surface area contributed by atoms with Crippen LogP contribution in [0.15, 0.2) is 18.2 Å². The molecule has 35 heavy (non-hydrogen) atoms. The molecule has 0 unspecified atom stereocenters. The molecule has 7 atom stereocenters. The number of anilines is 1. The van der Waals surface area contributed by atoms with Crippen molar-refractivity contribution >= 4 is 52.5 Å². The molecule has 12 heteroatoms. The van der Waals surface area contributed by atoms with Crippen LogP contribution in [0.2, 0.25) is 0 Å². The third kappa shape index (κ3) is 3.86. The molecular weight excluding hydrogens is 523 g/mol. The number of piperidine rings is 1. The molecule has 6 rings (SSSR count). The van der Waals surface area contributed by atoms with Crippen molar-refractivity contribution in [1.29, 1.82) is 0 Å². The third-order valence-electron chi connectivity index (χ3n) is 8.19. The lowest BCUT2D eigenvalue weighted by Gasteiger charge is -2.54. The zero-order valence-electron chi connectivity index (χ0n) is 19.2.